The average Bonchev–Trinajstić information content (AvgIpc) is 2.74. The molecule has 29 heavy (non-hydrogen) atoms. The Hall–Kier alpha value is -2.15. The molecule has 0 fully saturated rings. The second-order valence-corrected chi connectivity index (χ2v) is 7.61. The lowest BCUT2D eigenvalue weighted by molar-refractivity contribution is -0.141. The maximum atomic E-state index is 9.93. The van der Waals surface area contributed by atoms with E-state index in [1.54, 1.807) is 13.1 Å². The molecule has 1 atom stereocenters. The number of hydrogen-bond acceptors (Lipinski definition) is 5. The number of hydrogen-bond donors (Lipinski definition) is 1. The summed E-state index contributed by atoms with van der Waals surface area (Å²) in [6.45, 7) is 10.2. The maximum absolute atomic E-state index is 9.93. The Morgan fingerprint density at radius 1 is 1.28 bits per heavy atom. The Morgan fingerprint density at radius 3 is 2.55 bits per heavy atom. The molecule has 160 valence electrons. The van der Waals surface area contributed by atoms with Crippen LogP contribution in [-0.4, -0.2) is 34.4 Å². The molecule has 0 aliphatic heterocycles. The first kappa shape index (κ1) is 24.9. The Labute approximate surface area is 182 Å². The fourth-order valence-corrected chi connectivity index (χ4v) is 2.74. The number of carbonyl (C=O) groups is 1. The number of aliphatic carboxylic acids is 1. The van der Waals surface area contributed by atoms with Crippen LogP contribution in [0.3, 0.4) is 0 Å². The normalized spacial score (nSPS) is 11.2. The quantitative estimate of drug-likeness (QED) is 0.462. The minimum Gasteiger partial charge on any atom is -0.493 e. The van der Waals surface area contributed by atoms with Crippen molar-refractivity contribution in [2.45, 2.75) is 53.5 Å². The molecule has 2 aromatic rings. The summed E-state index contributed by atoms with van der Waals surface area (Å²) in [4.78, 5) is 12.1. The summed E-state index contributed by atoms with van der Waals surface area (Å²) >= 11 is 3.54. The summed E-state index contributed by atoms with van der Waals surface area (Å²) in [5, 5.41) is 16.3. The number of ether oxygens (including phenoxy) is 1. The van der Waals surface area contributed by atoms with Crippen molar-refractivity contribution in [3.05, 3.63) is 46.6 Å². The molecule has 1 unspecified atom stereocenters. The molecule has 1 aromatic heterocycles. The number of halogens is 1. The van der Waals surface area contributed by atoms with E-state index in [2.05, 4.69) is 50.9 Å². The van der Waals surface area contributed by atoms with Gasteiger partial charge in [0.15, 0.2) is 5.82 Å². The van der Waals surface area contributed by atoms with Gasteiger partial charge in [-0.2, -0.15) is 5.10 Å². The standard InChI is InChI=1S/C17H22BrN3O.C5H10O2/c1-3-5-11-22-16-9-8-15(18)12-14(16)13-21(4-2)17-7-6-10-19-20-17;1-3-4(2)5(6)7/h6-10,12H,3-5,11,13H2,1-2H3;4H,3H2,1-2H3,(H,6,7). The number of carboxylic acids is 1. The molecule has 1 heterocycles. The molecule has 0 aliphatic carbocycles. The molecule has 0 bridgehead atoms. The predicted molar refractivity (Wildman–Crippen MR) is 120 cm³/mol. The van der Waals surface area contributed by atoms with Gasteiger partial charge in [-0.05, 0) is 50.1 Å². The van der Waals surface area contributed by atoms with Crippen molar-refractivity contribution in [1.29, 1.82) is 0 Å². The van der Waals surface area contributed by atoms with Gasteiger partial charge in [0.25, 0.3) is 0 Å². The highest BCUT2D eigenvalue weighted by Crippen LogP contribution is 2.26. The number of anilines is 1. The van der Waals surface area contributed by atoms with Crippen molar-refractivity contribution in [3.63, 3.8) is 0 Å². The summed E-state index contributed by atoms with van der Waals surface area (Å²) in [5.74, 6) is 0.936. The number of nitrogens with zero attached hydrogens (tertiary/aromatic N) is 3. The molecule has 0 saturated carbocycles. The molecule has 1 N–H and O–H groups in total. The highest BCUT2D eigenvalue weighted by Gasteiger charge is 2.11. The van der Waals surface area contributed by atoms with E-state index in [1.807, 2.05) is 31.2 Å². The van der Waals surface area contributed by atoms with Crippen LogP contribution in [0.5, 0.6) is 5.75 Å². The highest BCUT2D eigenvalue weighted by atomic mass is 79.9. The third kappa shape index (κ3) is 9.26. The predicted octanol–water partition coefficient (Wildman–Crippen LogP) is 5.56. The van der Waals surface area contributed by atoms with E-state index in [9.17, 15) is 4.79 Å². The van der Waals surface area contributed by atoms with Crippen molar-refractivity contribution < 1.29 is 14.6 Å². The van der Waals surface area contributed by atoms with Crippen LogP contribution in [0, 0.1) is 5.92 Å². The molecule has 0 radical (unpaired) electrons. The number of aromatic nitrogens is 2. The van der Waals surface area contributed by atoms with Crippen molar-refractivity contribution in [2.75, 3.05) is 18.1 Å². The van der Waals surface area contributed by atoms with E-state index in [0.29, 0.717) is 0 Å². The van der Waals surface area contributed by atoms with Gasteiger partial charge in [0.05, 0.1) is 12.5 Å². The molecule has 1 aromatic carbocycles. The molecular weight excluding hydrogens is 434 g/mol. The van der Waals surface area contributed by atoms with E-state index in [0.717, 1.165) is 60.6 Å². The fourth-order valence-electron chi connectivity index (χ4n) is 2.34. The monoisotopic (exact) mass is 465 g/mol. The van der Waals surface area contributed by atoms with Crippen LogP contribution in [0.2, 0.25) is 0 Å². The first-order valence-corrected chi connectivity index (χ1v) is 10.9. The molecule has 7 heteroatoms. The van der Waals surface area contributed by atoms with Gasteiger partial charge < -0.3 is 14.7 Å². The number of benzene rings is 1. The minimum absolute atomic E-state index is 0.181. The molecule has 0 saturated heterocycles. The first-order chi connectivity index (χ1) is 13.9. The average molecular weight is 466 g/mol. The zero-order valence-electron chi connectivity index (χ0n) is 17.8. The van der Waals surface area contributed by atoms with E-state index in [-0.39, 0.29) is 5.92 Å². The van der Waals surface area contributed by atoms with Crippen molar-refractivity contribution in [1.82, 2.24) is 10.2 Å². The second kappa shape index (κ2) is 13.9. The van der Waals surface area contributed by atoms with Gasteiger partial charge in [0, 0.05) is 29.3 Å². The summed E-state index contributed by atoms with van der Waals surface area (Å²) in [6.07, 6.45) is 4.61. The smallest absolute Gasteiger partial charge is 0.306 e. The van der Waals surface area contributed by atoms with Crippen LogP contribution in [-0.2, 0) is 11.3 Å². The first-order valence-electron chi connectivity index (χ1n) is 10.1. The molecule has 0 amide bonds. The SMILES string of the molecule is CCC(C)C(=O)O.CCCCOc1ccc(Br)cc1CN(CC)c1cccnn1. The van der Waals surface area contributed by atoms with E-state index in [4.69, 9.17) is 9.84 Å². The fraction of sp³-hybridized carbons (Fsp3) is 0.500. The van der Waals surface area contributed by atoms with E-state index in [1.165, 1.54) is 0 Å². The molecule has 0 spiro atoms. The van der Waals surface area contributed by atoms with Gasteiger partial charge in [-0.25, -0.2) is 0 Å². The van der Waals surface area contributed by atoms with Gasteiger partial charge in [-0.1, -0.05) is 43.1 Å². The number of rotatable bonds is 10. The van der Waals surface area contributed by atoms with Gasteiger partial charge in [-0.3, -0.25) is 4.79 Å². The summed E-state index contributed by atoms with van der Waals surface area (Å²) in [7, 11) is 0. The van der Waals surface area contributed by atoms with Gasteiger partial charge in [0.1, 0.15) is 5.75 Å². The largest absolute Gasteiger partial charge is 0.493 e. The minimum atomic E-state index is -0.706. The Morgan fingerprint density at radius 2 is 2.03 bits per heavy atom. The van der Waals surface area contributed by atoms with Crippen LogP contribution in [0.4, 0.5) is 5.82 Å². The Balaban J connectivity index is 0.000000516. The Kier molecular flexibility index (Phi) is 12.0. The summed E-state index contributed by atoms with van der Waals surface area (Å²) in [6, 6.07) is 10.0. The zero-order valence-corrected chi connectivity index (χ0v) is 19.4. The highest BCUT2D eigenvalue weighted by molar-refractivity contribution is 9.10. The Bertz CT molecular complexity index is 728. The second-order valence-electron chi connectivity index (χ2n) is 6.70. The molecule has 6 nitrogen and oxygen atoms in total. The van der Waals surface area contributed by atoms with Crippen LogP contribution < -0.4 is 9.64 Å². The van der Waals surface area contributed by atoms with Crippen LogP contribution >= 0.6 is 15.9 Å². The topological polar surface area (TPSA) is 75.6 Å². The summed E-state index contributed by atoms with van der Waals surface area (Å²) < 4.78 is 6.99. The van der Waals surface area contributed by atoms with E-state index >= 15 is 0 Å². The van der Waals surface area contributed by atoms with Crippen molar-refractivity contribution in [2.24, 2.45) is 5.92 Å². The van der Waals surface area contributed by atoms with Crippen molar-refractivity contribution >= 4 is 27.7 Å². The van der Waals surface area contributed by atoms with Gasteiger partial charge >= 0.3 is 5.97 Å². The lowest BCUT2D eigenvalue weighted by atomic mass is 10.1. The lowest BCUT2D eigenvalue weighted by Gasteiger charge is -2.23. The van der Waals surface area contributed by atoms with Crippen LogP contribution in [0.15, 0.2) is 41.0 Å². The van der Waals surface area contributed by atoms with E-state index < -0.39 is 5.97 Å². The maximum Gasteiger partial charge on any atom is 0.306 e. The number of carboxylic acid groups (broad SMARTS) is 1. The van der Waals surface area contributed by atoms with Crippen molar-refractivity contribution in [3.8, 4) is 5.75 Å². The third-order valence-corrected chi connectivity index (χ3v) is 4.93. The van der Waals surface area contributed by atoms with Gasteiger partial charge in [0.2, 0.25) is 0 Å². The molecule has 2 rings (SSSR count). The van der Waals surface area contributed by atoms with Gasteiger partial charge in [-0.15, -0.1) is 5.10 Å². The lowest BCUT2D eigenvalue weighted by Crippen LogP contribution is -2.23. The third-order valence-electron chi connectivity index (χ3n) is 4.44. The summed E-state index contributed by atoms with van der Waals surface area (Å²) in [5.41, 5.74) is 1.15. The molecule has 0 aliphatic rings. The zero-order chi connectivity index (χ0) is 21.6. The van der Waals surface area contributed by atoms with Crippen LogP contribution in [0.25, 0.3) is 0 Å². The number of unbranched alkanes of at least 4 members (excludes halogenated alkanes) is 1. The molecular formula is C22H32BrN3O3. The van der Waals surface area contributed by atoms with Crippen LogP contribution in [0.1, 0.15) is 52.5 Å².